The predicted molar refractivity (Wildman–Crippen MR) is 140 cm³/mol. The number of hydrogen-bond acceptors (Lipinski definition) is 6. The fourth-order valence-electron chi connectivity index (χ4n) is 4.16. The molecule has 9 heteroatoms. The SMILES string of the molecule is CN(C(=O)CCc1ccccc1Cl)[C@H](COC(=O)Nc1cc2ccccc2cn1)CN1CCOCC1. The third kappa shape index (κ3) is 7.16. The van der Waals surface area contributed by atoms with Gasteiger partial charge in [-0.15, -0.1) is 0 Å². The molecule has 2 aromatic carbocycles. The van der Waals surface area contributed by atoms with E-state index in [4.69, 9.17) is 21.1 Å². The maximum Gasteiger partial charge on any atom is 0.412 e. The van der Waals surface area contributed by atoms with Crippen LogP contribution in [0.15, 0.2) is 60.8 Å². The van der Waals surface area contributed by atoms with Crippen molar-refractivity contribution in [3.8, 4) is 0 Å². The molecule has 2 heterocycles. The summed E-state index contributed by atoms with van der Waals surface area (Å²) in [6.45, 7) is 3.47. The number of morpholine rings is 1. The van der Waals surface area contributed by atoms with Crippen LogP contribution in [0.25, 0.3) is 10.8 Å². The molecule has 4 rings (SSSR count). The quantitative estimate of drug-likeness (QED) is 0.464. The fraction of sp³-hybridized carbons (Fsp3) is 0.370. The number of rotatable bonds is 9. The van der Waals surface area contributed by atoms with Crippen LogP contribution in [-0.2, 0) is 20.7 Å². The van der Waals surface area contributed by atoms with Gasteiger partial charge < -0.3 is 14.4 Å². The first kappa shape index (κ1) is 25.9. The molecule has 1 N–H and O–H groups in total. The van der Waals surface area contributed by atoms with E-state index in [0.717, 1.165) is 29.4 Å². The van der Waals surface area contributed by atoms with Crippen LogP contribution >= 0.6 is 11.6 Å². The minimum Gasteiger partial charge on any atom is -0.447 e. The molecule has 3 aromatic rings. The summed E-state index contributed by atoms with van der Waals surface area (Å²) < 4.78 is 11.0. The van der Waals surface area contributed by atoms with E-state index in [9.17, 15) is 9.59 Å². The van der Waals surface area contributed by atoms with Gasteiger partial charge in [0, 0.05) is 49.7 Å². The molecule has 0 saturated carbocycles. The molecule has 36 heavy (non-hydrogen) atoms. The number of carbonyl (C=O) groups is 2. The van der Waals surface area contributed by atoms with Crippen LogP contribution in [0.3, 0.4) is 0 Å². The maximum absolute atomic E-state index is 13.0. The number of aryl methyl sites for hydroxylation is 1. The van der Waals surface area contributed by atoms with Crippen LogP contribution in [0.1, 0.15) is 12.0 Å². The second-order valence-corrected chi connectivity index (χ2v) is 9.21. The molecule has 1 saturated heterocycles. The first-order valence-corrected chi connectivity index (χ1v) is 12.4. The monoisotopic (exact) mass is 510 g/mol. The van der Waals surface area contributed by atoms with Gasteiger partial charge in [0.2, 0.25) is 5.91 Å². The standard InChI is InChI=1S/C27H31ClN4O4/c1-31(26(33)11-10-20-6-4-5-9-24(20)28)23(18-32-12-14-35-15-13-32)19-36-27(34)30-25-16-21-7-2-3-8-22(21)17-29-25/h2-9,16-17,23H,10-15,18-19H2,1H3,(H,29,30,34)/t23-/m0/s1. The van der Waals surface area contributed by atoms with Crippen molar-refractivity contribution in [2.24, 2.45) is 0 Å². The van der Waals surface area contributed by atoms with Crippen molar-refractivity contribution in [2.45, 2.75) is 18.9 Å². The van der Waals surface area contributed by atoms with Crippen LogP contribution in [0.4, 0.5) is 10.6 Å². The molecule has 0 aliphatic carbocycles. The van der Waals surface area contributed by atoms with Crippen molar-refractivity contribution < 1.29 is 19.1 Å². The van der Waals surface area contributed by atoms with Gasteiger partial charge in [-0.25, -0.2) is 9.78 Å². The lowest BCUT2D eigenvalue weighted by Crippen LogP contribution is -2.50. The second kappa shape index (κ2) is 12.7. The van der Waals surface area contributed by atoms with Gasteiger partial charge in [-0.05, 0) is 29.5 Å². The third-order valence-corrected chi connectivity index (χ3v) is 6.72. The highest BCUT2D eigenvalue weighted by atomic mass is 35.5. The average molecular weight is 511 g/mol. The van der Waals surface area contributed by atoms with E-state index >= 15 is 0 Å². The van der Waals surface area contributed by atoms with E-state index < -0.39 is 6.09 Å². The van der Waals surface area contributed by atoms with Gasteiger partial charge >= 0.3 is 6.09 Å². The lowest BCUT2D eigenvalue weighted by atomic mass is 10.1. The minimum atomic E-state index is -0.610. The van der Waals surface area contributed by atoms with Gasteiger partial charge in [0.25, 0.3) is 0 Å². The van der Waals surface area contributed by atoms with E-state index in [2.05, 4.69) is 15.2 Å². The van der Waals surface area contributed by atoms with E-state index in [1.165, 1.54) is 0 Å². The molecule has 8 nitrogen and oxygen atoms in total. The number of pyridine rings is 1. The van der Waals surface area contributed by atoms with Gasteiger partial charge in [0.15, 0.2) is 0 Å². The van der Waals surface area contributed by atoms with Crippen molar-refractivity contribution >= 4 is 40.2 Å². The molecule has 2 amide bonds. The zero-order valence-electron chi connectivity index (χ0n) is 20.4. The molecular weight excluding hydrogens is 480 g/mol. The molecule has 1 aromatic heterocycles. The second-order valence-electron chi connectivity index (χ2n) is 8.80. The normalized spacial score (nSPS) is 14.8. The molecule has 0 radical (unpaired) electrons. The molecule has 190 valence electrons. The van der Waals surface area contributed by atoms with Crippen molar-refractivity contribution in [3.05, 3.63) is 71.4 Å². The van der Waals surface area contributed by atoms with Crippen molar-refractivity contribution in [2.75, 3.05) is 51.8 Å². The Morgan fingerprint density at radius 1 is 1.14 bits per heavy atom. The van der Waals surface area contributed by atoms with Gasteiger partial charge in [0.1, 0.15) is 12.4 Å². The number of likely N-dealkylation sites (N-methyl/N-ethyl adjacent to an activating group) is 1. The third-order valence-electron chi connectivity index (χ3n) is 6.35. The van der Waals surface area contributed by atoms with Gasteiger partial charge in [-0.1, -0.05) is 54.1 Å². The summed E-state index contributed by atoms with van der Waals surface area (Å²) in [7, 11) is 1.76. The largest absolute Gasteiger partial charge is 0.447 e. The Balaban J connectivity index is 1.36. The summed E-state index contributed by atoms with van der Waals surface area (Å²) in [5.74, 6) is 0.376. The molecule has 1 atom stereocenters. The molecule has 1 fully saturated rings. The average Bonchev–Trinajstić information content (AvgIpc) is 2.90. The topological polar surface area (TPSA) is 84.0 Å². The highest BCUT2D eigenvalue weighted by Gasteiger charge is 2.25. The lowest BCUT2D eigenvalue weighted by molar-refractivity contribution is -0.133. The number of benzene rings is 2. The minimum absolute atomic E-state index is 0.0339. The number of carbonyl (C=O) groups excluding carboxylic acids is 2. The fourth-order valence-corrected chi connectivity index (χ4v) is 4.39. The number of fused-ring (bicyclic) bond motifs is 1. The molecule has 1 aliphatic heterocycles. The van der Waals surface area contributed by atoms with Crippen LogP contribution in [0, 0.1) is 0 Å². The Morgan fingerprint density at radius 2 is 1.86 bits per heavy atom. The number of anilines is 1. The van der Waals surface area contributed by atoms with Gasteiger partial charge in [-0.2, -0.15) is 0 Å². The summed E-state index contributed by atoms with van der Waals surface area (Å²) in [5.41, 5.74) is 0.934. The van der Waals surface area contributed by atoms with E-state index in [1.807, 2.05) is 48.5 Å². The summed E-state index contributed by atoms with van der Waals surface area (Å²) >= 11 is 6.25. The summed E-state index contributed by atoms with van der Waals surface area (Å²) in [6, 6.07) is 16.8. The Morgan fingerprint density at radius 3 is 2.64 bits per heavy atom. The van der Waals surface area contributed by atoms with Crippen LogP contribution < -0.4 is 5.32 Å². The smallest absolute Gasteiger partial charge is 0.412 e. The van der Waals surface area contributed by atoms with Gasteiger partial charge in [0.05, 0.1) is 19.3 Å². The maximum atomic E-state index is 13.0. The van der Waals surface area contributed by atoms with Crippen molar-refractivity contribution in [1.29, 1.82) is 0 Å². The van der Waals surface area contributed by atoms with Gasteiger partial charge in [-0.3, -0.25) is 15.0 Å². The molecular formula is C27H31ClN4O4. The van der Waals surface area contributed by atoms with E-state index in [-0.39, 0.29) is 18.6 Å². The summed E-state index contributed by atoms with van der Waals surface area (Å²) in [5, 5.41) is 5.30. The summed E-state index contributed by atoms with van der Waals surface area (Å²) in [4.78, 5) is 33.8. The Bertz CT molecular complexity index is 1190. The van der Waals surface area contributed by atoms with Crippen molar-refractivity contribution in [3.63, 3.8) is 0 Å². The van der Waals surface area contributed by atoms with Crippen LogP contribution in [-0.4, -0.2) is 79.3 Å². The number of hydrogen-bond donors (Lipinski definition) is 1. The lowest BCUT2D eigenvalue weighted by Gasteiger charge is -2.34. The number of halogens is 1. The van der Waals surface area contributed by atoms with E-state index in [1.54, 1.807) is 24.2 Å². The summed E-state index contributed by atoms with van der Waals surface area (Å²) in [6.07, 6.45) is 1.95. The highest BCUT2D eigenvalue weighted by molar-refractivity contribution is 6.31. The number of aromatic nitrogens is 1. The highest BCUT2D eigenvalue weighted by Crippen LogP contribution is 2.18. The zero-order chi connectivity index (χ0) is 25.3. The number of nitrogens with zero attached hydrogens (tertiary/aromatic N) is 3. The molecule has 0 spiro atoms. The first-order chi connectivity index (χ1) is 17.5. The molecule has 0 bridgehead atoms. The Labute approximate surface area is 216 Å². The first-order valence-electron chi connectivity index (χ1n) is 12.1. The van der Waals surface area contributed by atoms with E-state index in [0.29, 0.717) is 43.4 Å². The Hall–Kier alpha value is -3.20. The number of ether oxygens (including phenoxy) is 2. The number of nitrogens with one attached hydrogen (secondary N) is 1. The predicted octanol–water partition coefficient (Wildman–Crippen LogP) is 4.23. The zero-order valence-corrected chi connectivity index (χ0v) is 21.1. The van der Waals surface area contributed by atoms with Crippen LogP contribution in [0.2, 0.25) is 5.02 Å². The Kier molecular flexibility index (Phi) is 9.11. The number of amides is 2. The molecule has 0 unspecified atom stereocenters. The molecule has 1 aliphatic rings. The van der Waals surface area contributed by atoms with Crippen LogP contribution in [0.5, 0.6) is 0 Å². The van der Waals surface area contributed by atoms with Crippen molar-refractivity contribution in [1.82, 2.24) is 14.8 Å².